The van der Waals surface area contributed by atoms with Crippen molar-refractivity contribution in [3.63, 3.8) is 0 Å². The van der Waals surface area contributed by atoms with Crippen LogP contribution in [0.5, 0.6) is 0 Å². The predicted octanol–water partition coefficient (Wildman–Crippen LogP) is 4.60. The van der Waals surface area contributed by atoms with Gasteiger partial charge in [0.05, 0.1) is 11.8 Å². The lowest BCUT2D eigenvalue weighted by Gasteiger charge is -2.34. The molecule has 1 atom stereocenters. The van der Waals surface area contributed by atoms with Crippen LogP contribution in [0.2, 0.25) is 0 Å². The maximum Gasteiger partial charge on any atom is 0.278 e. The number of fused-ring (bicyclic) bond motifs is 1. The summed E-state index contributed by atoms with van der Waals surface area (Å²) in [4.78, 5) is 13.0. The third-order valence-electron chi connectivity index (χ3n) is 4.43. The number of nitrogens with zero attached hydrogens (tertiary/aromatic N) is 2. The van der Waals surface area contributed by atoms with Gasteiger partial charge >= 0.3 is 0 Å². The van der Waals surface area contributed by atoms with E-state index >= 15 is 0 Å². The second-order valence-electron chi connectivity index (χ2n) is 6.31. The van der Waals surface area contributed by atoms with Crippen molar-refractivity contribution in [2.24, 2.45) is 5.10 Å². The highest BCUT2D eigenvalue weighted by molar-refractivity contribution is 6.02. The summed E-state index contributed by atoms with van der Waals surface area (Å²) < 4.78 is 0. The summed E-state index contributed by atoms with van der Waals surface area (Å²) in [5.41, 5.74) is 4.58. The topological polar surface area (TPSA) is 44.7 Å². The van der Waals surface area contributed by atoms with Crippen LogP contribution < -0.4 is 5.32 Å². The van der Waals surface area contributed by atoms with E-state index in [0.29, 0.717) is 5.56 Å². The zero-order valence-electron chi connectivity index (χ0n) is 14.5. The first-order chi connectivity index (χ1) is 12.7. The molecule has 1 aliphatic rings. The zero-order valence-corrected chi connectivity index (χ0v) is 14.5. The Labute approximate surface area is 152 Å². The molecular formula is C22H19N3O. The molecular weight excluding hydrogens is 322 g/mol. The van der Waals surface area contributed by atoms with E-state index in [2.05, 4.69) is 10.4 Å². The largest absolute Gasteiger partial charge is 0.359 e. The molecule has 0 bridgehead atoms. The lowest BCUT2D eigenvalue weighted by atomic mass is 10.1. The quantitative estimate of drug-likeness (QED) is 0.708. The van der Waals surface area contributed by atoms with Gasteiger partial charge in [-0.1, -0.05) is 72.3 Å². The van der Waals surface area contributed by atoms with Crippen molar-refractivity contribution in [3.05, 3.63) is 101 Å². The molecule has 1 unspecified atom stereocenters. The van der Waals surface area contributed by atoms with Crippen LogP contribution in [0.1, 0.15) is 33.2 Å². The van der Waals surface area contributed by atoms with Crippen molar-refractivity contribution in [3.8, 4) is 0 Å². The highest BCUT2D eigenvalue weighted by Gasteiger charge is 2.32. The Morgan fingerprint density at radius 1 is 0.923 bits per heavy atom. The summed E-state index contributed by atoms with van der Waals surface area (Å²) in [5.74, 6) is -0.114. The Kier molecular flexibility index (Phi) is 4.23. The maximum absolute atomic E-state index is 13.0. The number of anilines is 1. The minimum Gasteiger partial charge on any atom is -0.359 e. The molecule has 1 heterocycles. The number of carbonyl (C=O) groups is 1. The number of para-hydroxylation sites is 1. The zero-order chi connectivity index (χ0) is 17.9. The first kappa shape index (κ1) is 16.1. The SMILES string of the molecule is Cc1ccc(C=NN2C(=O)c3ccccc3NC2c2ccccc2)cc1. The normalized spacial score (nSPS) is 16.4. The number of hydrogen-bond acceptors (Lipinski definition) is 3. The molecule has 4 rings (SSSR count). The van der Waals surface area contributed by atoms with Crippen molar-refractivity contribution in [2.75, 3.05) is 5.32 Å². The number of nitrogens with one attached hydrogen (secondary N) is 1. The molecule has 1 aliphatic heterocycles. The number of carbonyl (C=O) groups excluding carboxylic acids is 1. The Morgan fingerprint density at radius 2 is 1.62 bits per heavy atom. The molecule has 4 nitrogen and oxygen atoms in total. The molecule has 26 heavy (non-hydrogen) atoms. The smallest absolute Gasteiger partial charge is 0.278 e. The summed E-state index contributed by atoms with van der Waals surface area (Å²) in [6, 6.07) is 25.4. The van der Waals surface area contributed by atoms with E-state index in [4.69, 9.17) is 0 Å². The van der Waals surface area contributed by atoms with Crippen LogP contribution in [-0.4, -0.2) is 17.1 Å². The molecule has 4 heteroatoms. The van der Waals surface area contributed by atoms with E-state index in [1.165, 1.54) is 10.6 Å². The fourth-order valence-corrected chi connectivity index (χ4v) is 3.00. The Balaban J connectivity index is 1.73. The third-order valence-corrected chi connectivity index (χ3v) is 4.43. The van der Waals surface area contributed by atoms with Crippen LogP contribution in [0.3, 0.4) is 0 Å². The minimum absolute atomic E-state index is 0.114. The number of aryl methyl sites for hydroxylation is 1. The molecule has 0 saturated heterocycles. The Hall–Kier alpha value is -3.40. The summed E-state index contributed by atoms with van der Waals surface area (Å²) in [6.07, 6.45) is 1.38. The fraction of sp³-hybridized carbons (Fsp3) is 0.0909. The maximum atomic E-state index is 13.0. The van der Waals surface area contributed by atoms with Crippen LogP contribution in [0, 0.1) is 6.92 Å². The van der Waals surface area contributed by atoms with Crippen LogP contribution in [0.4, 0.5) is 5.69 Å². The predicted molar refractivity (Wildman–Crippen MR) is 104 cm³/mol. The van der Waals surface area contributed by atoms with Gasteiger partial charge in [0.2, 0.25) is 0 Å². The summed E-state index contributed by atoms with van der Waals surface area (Å²) in [5, 5.41) is 9.46. The summed E-state index contributed by atoms with van der Waals surface area (Å²) in [7, 11) is 0. The van der Waals surface area contributed by atoms with Gasteiger partial charge in [0.15, 0.2) is 6.17 Å². The second kappa shape index (κ2) is 6.84. The van der Waals surface area contributed by atoms with Gasteiger partial charge in [-0.2, -0.15) is 5.10 Å². The number of benzene rings is 3. The van der Waals surface area contributed by atoms with Gasteiger partial charge in [0, 0.05) is 5.69 Å². The van der Waals surface area contributed by atoms with Crippen molar-refractivity contribution in [1.29, 1.82) is 0 Å². The lowest BCUT2D eigenvalue weighted by molar-refractivity contribution is 0.0691. The Morgan fingerprint density at radius 3 is 2.38 bits per heavy atom. The third kappa shape index (κ3) is 3.09. The molecule has 0 radical (unpaired) electrons. The molecule has 1 N–H and O–H groups in total. The van der Waals surface area contributed by atoms with Gasteiger partial charge in [-0.15, -0.1) is 0 Å². The van der Waals surface area contributed by atoms with E-state index in [9.17, 15) is 4.79 Å². The Bertz CT molecular complexity index is 949. The van der Waals surface area contributed by atoms with E-state index < -0.39 is 0 Å². The number of hydrazone groups is 1. The molecule has 0 aliphatic carbocycles. The van der Waals surface area contributed by atoms with Gasteiger partial charge in [-0.05, 0) is 30.2 Å². The van der Waals surface area contributed by atoms with E-state index in [1.807, 2.05) is 85.8 Å². The summed E-state index contributed by atoms with van der Waals surface area (Å²) in [6.45, 7) is 2.04. The van der Waals surface area contributed by atoms with Crippen LogP contribution in [0.25, 0.3) is 0 Å². The van der Waals surface area contributed by atoms with Crippen molar-refractivity contribution < 1.29 is 4.79 Å². The number of amides is 1. The van der Waals surface area contributed by atoms with E-state index in [-0.39, 0.29) is 12.1 Å². The standard InChI is InChI=1S/C22H19N3O/c1-16-11-13-17(14-12-16)15-23-25-21(18-7-3-2-4-8-18)24-20-10-6-5-9-19(20)22(25)26/h2-15,21,24H,1H3. The van der Waals surface area contributed by atoms with Crippen molar-refractivity contribution >= 4 is 17.8 Å². The van der Waals surface area contributed by atoms with Crippen LogP contribution in [0.15, 0.2) is 84.0 Å². The highest BCUT2D eigenvalue weighted by atomic mass is 16.2. The fourth-order valence-electron chi connectivity index (χ4n) is 3.00. The van der Waals surface area contributed by atoms with E-state index in [1.54, 1.807) is 6.21 Å². The molecule has 3 aromatic carbocycles. The highest BCUT2D eigenvalue weighted by Crippen LogP contribution is 2.33. The molecule has 0 saturated carbocycles. The van der Waals surface area contributed by atoms with Crippen molar-refractivity contribution in [2.45, 2.75) is 13.1 Å². The minimum atomic E-state index is -0.347. The molecule has 1 amide bonds. The average molecular weight is 341 g/mol. The monoisotopic (exact) mass is 341 g/mol. The van der Waals surface area contributed by atoms with Crippen molar-refractivity contribution in [1.82, 2.24) is 5.01 Å². The second-order valence-corrected chi connectivity index (χ2v) is 6.31. The van der Waals surface area contributed by atoms with Gasteiger partial charge < -0.3 is 5.32 Å². The molecule has 128 valence electrons. The van der Waals surface area contributed by atoms with Gasteiger partial charge in [-0.3, -0.25) is 4.79 Å². The number of rotatable bonds is 3. The van der Waals surface area contributed by atoms with Gasteiger partial charge in [-0.25, -0.2) is 5.01 Å². The first-order valence-electron chi connectivity index (χ1n) is 8.57. The van der Waals surface area contributed by atoms with E-state index in [0.717, 1.165) is 16.8 Å². The lowest BCUT2D eigenvalue weighted by Crippen LogP contribution is -2.39. The van der Waals surface area contributed by atoms with Gasteiger partial charge in [0.25, 0.3) is 5.91 Å². The summed E-state index contributed by atoms with van der Waals surface area (Å²) >= 11 is 0. The molecule has 0 fully saturated rings. The van der Waals surface area contributed by atoms with Crippen LogP contribution in [-0.2, 0) is 0 Å². The average Bonchev–Trinajstić information content (AvgIpc) is 2.69. The number of hydrogen-bond donors (Lipinski definition) is 1. The van der Waals surface area contributed by atoms with Gasteiger partial charge in [0.1, 0.15) is 0 Å². The molecule has 0 aromatic heterocycles. The first-order valence-corrected chi connectivity index (χ1v) is 8.57. The van der Waals surface area contributed by atoms with Crippen LogP contribution >= 0.6 is 0 Å². The molecule has 0 spiro atoms. The molecule has 3 aromatic rings.